The van der Waals surface area contributed by atoms with Gasteiger partial charge in [-0.25, -0.2) is 0 Å². The average Bonchev–Trinajstić information content (AvgIpc) is 2.87. The third kappa shape index (κ3) is 2.90. The van der Waals surface area contributed by atoms with Gasteiger partial charge in [-0.15, -0.1) is 0 Å². The van der Waals surface area contributed by atoms with Gasteiger partial charge in [0, 0.05) is 6.04 Å². The molecule has 1 aliphatic carbocycles. The second-order valence-electron chi connectivity index (χ2n) is 4.97. The van der Waals surface area contributed by atoms with Gasteiger partial charge in [-0.3, -0.25) is 0 Å². The summed E-state index contributed by atoms with van der Waals surface area (Å²) in [4.78, 5) is 0. The first-order valence-corrected chi connectivity index (χ1v) is 7.33. The van der Waals surface area contributed by atoms with E-state index in [-0.39, 0.29) is 0 Å². The maximum atomic E-state index is 3.75. The zero-order chi connectivity index (χ0) is 9.80. The van der Waals surface area contributed by atoms with E-state index < -0.39 is 0 Å². The fraction of sp³-hybridized carbons (Fsp3) is 1.00. The van der Waals surface area contributed by atoms with Crippen LogP contribution in [0.2, 0.25) is 0 Å². The highest BCUT2D eigenvalue weighted by molar-refractivity contribution is 7.99. The molecule has 0 amide bonds. The van der Waals surface area contributed by atoms with Crippen LogP contribution < -0.4 is 5.32 Å². The lowest BCUT2D eigenvalue weighted by Gasteiger charge is -2.22. The Morgan fingerprint density at radius 1 is 1.29 bits per heavy atom. The third-order valence-electron chi connectivity index (χ3n) is 3.86. The van der Waals surface area contributed by atoms with Crippen LogP contribution in [0.1, 0.15) is 39.0 Å². The number of rotatable bonds is 4. The molecule has 2 rings (SSSR count). The summed E-state index contributed by atoms with van der Waals surface area (Å²) in [6.07, 6.45) is 7.31. The second-order valence-corrected chi connectivity index (χ2v) is 6.12. The number of thioether (sulfide) groups is 1. The predicted molar refractivity (Wildman–Crippen MR) is 64.9 cm³/mol. The molecule has 14 heavy (non-hydrogen) atoms. The molecule has 2 fully saturated rings. The van der Waals surface area contributed by atoms with Gasteiger partial charge in [0.1, 0.15) is 0 Å². The molecule has 0 aromatic carbocycles. The molecule has 1 N–H and O–H groups in total. The van der Waals surface area contributed by atoms with E-state index >= 15 is 0 Å². The molecule has 1 nitrogen and oxygen atoms in total. The van der Waals surface area contributed by atoms with Crippen molar-refractivity contribution in [2.75, 3.05) is 18.1 Å². The smallest absolute Gasteiger partial charge is 0.00671 e. The van der Waals surface area contributed by atoms with Crippen LogP contribution >= 0.6 is 11.8 Å². The van der Waals surface area contributed by atoms with E-state index in [1.807, 2.05) is 0 Å². The van der Waals surface area contributed by atoms with E-state index in [1.54, 1.807) is 0 Å². The van der Waals surface area contributed by atoms with Gasteiger partial charge in [0.25, 0.3) is 0 Å². The first-order valence-electron chi connectivity index (χ1n) is 6.17. The summed E-state index contributed by atoms with van der Waals surface area (Å²) in [5.74, 6) is 4.72. The molecule has 1 saturated heterocycles. The van der Waals surface area contributed by atoms with E-state index in [4.69, 9.17) is 0 Å². The molecule has 0 bridgehead atoms. The van der Waals surface area contributed by atoms with Gasteiger partial charge in [0.2, 0.25) is 0 Å². The number of nitrogens with one attached hydrogen (secondary N) is 1. The Hall–Kier alpha value is 0.310. The minimum Gasteiger partial charge on any atom is -0.314 e. The molecule has 2 atom stereocenters. The molecule has 0 spiro atoms. The van der Waals surface area contributed by atoms with Crippen molar-refractivity contribution in [3.63, 3.8) is 0 Å². The van der Waals surface area contributed by atoms with Crippen molar-refractivity contribution in [2.24, 2.45) is 11.8 Å². The number of hydrogen-bond donors (Lipinski definition) is 1. The topological polar surface area (TPSA) is 12.0 Å². The van der Waals surface area contributed by atoms with E-state index in [9.17, 15) is 0 Å². The van der Waals surface area contributed by atoms with Crippen molar-refractivity contribution in [3.05, 3.63) is 0 Å². The lowest BCUT2D eigenvalue weighted by Crippen LogP contribution is -2.35. The standard InChI is InChI=1S/C12H23NS/c1-10(12-4-2-3-5-12)13-8-11-6-7-14-9-11/h10-13H,2-9H2,1H3/t10-,11?/m1/s1. The van der Waals surface area contributed by atoms with E-state index in [0.717, 1.165) is 17.9 Å². The molecule has 82 valence electrons. The Morgan fingerprint density at radius 2 is 2.07 bits per heavy atom. The van der Waals surface area contributed by atoms with Crippen molar-refractivity contribution in [2.45, 2.75) is 45.1 Å². The highest BCUT2D eigenvalue weighted by Gasteiger charge is 2.22. The van der Waals surface area contributed by atoms with Crippen molar-refractivity contribution < 1.29 is 0 Å². The normalized spacial score (nSPS) is 31.1. The minimum absolute atomic E-state index is 0.767. The Kier molecular flexibility index (Phi) is 4.18. The largest absolute Gasteiger partial charge is 0.314 e. The molecule has 1 heterocycles. The fourth-order valence-electron chi connectivity index (χ4n) is 2.72. The third-order valence-corrected chi connectivity index (χ3v) is 5.09. The monoisotopic (exact) mass is 213 g/mol. The molecule has 2 aliphatic rings. The zero-order valence-electron chi connectivity index (χ0n) is 9.30. The van der Waals surface area contributed by atoms with Crippen LogP contribution in [0.4, 0.5) is 0 Å². The van der Waals surface area contributed by atoms with E-state index in [1.165, 1.54) is 50.2 Å². The highest BCUT2D eigenvalue weighted by Crippen LogP contribution is 2.28. The van der Waals surface area contributed by atoms with Gasteiger partial charge in [-0.2, -0.15) is 11.8 Å². The first kappa shape index (κ1) is 10.8. The van der Waals surface area contributed by atoms with Crippen LogP contribution in [0.15, 0.2) is 0 Å². The van der Waals surface area contributed by atoms with Crippen LogP contribution in [0.5, 0.6) is 0 Å². The number of hydrogen-bond acceptors (Lipinski definition) is 2. The molecule has 1 saturated carbocycles. The highest BCUT2D eigenvalue weighted by atomic mass is 32.2. The van der Waals surface area contributed by atoms with E-state index in [0.29, 0.717) is 0 Å². The molecule has 0 aromatic rings. The van der Waals surface area contributed by atoms with Crippen LogP contribution in [0.3, 0.4) is 0 Å². The van der Waals surface area contributed by atoms with Crippen LogP contribution in [0.25, 0.3) is 0 Å². The van der Waals surface area contributed by atoms with Crippen LogP contribution in [0, 0.1) is 11.8 Å². The molecular weight excluding hydrogens is 190 g/mol. The molecule has 2 heteroatoms. The van der Waals surface area contributed by atoms with Crippen molar-refractivity contribution in [3.8, 4) is 0 Å². The van der Waals surface area contributed by atoms with E-state index in [2.05, 4.69) is 24.0 Å². The van der Waals surface area contributed by atoms with Crippen molar-refractivity contribution >= 4 is 11.8 Å². The summed E-state index contributed by atoms with van der Waals surface area (Å²) in [6.45, 7) is 3.66. The van der Waals surface area contributed by atoms with Gasteiger partial charge < -0.3 is 5.32 Å². The summed E-state index contributed by atoms with van der Waals surface area (Å²) < 4.78 is 0. The van der Waals surface area contributed by atoms with Gasteiger partial charge in [-0.05, 0) is 56.1 Å². The van der Waals surface area contributed by atoms with Crippen molar-refractivity contribution in [1.29, 1.82) is 0 Å². The van der Waals surface area contributed by atoms with Gasteiger partial charge in [-0.1, -0.05) is 12.8 Å². The summed E-state index contributed by atoms with van der Waals surface area (Å²) in [7, 11) is 0. The molecule has 1 aliphatic heterocycles. The zero-order valence-corrected chi connectivity index (χ0v) is 10.1. The summed E-state index contributed by atoms with van der Waals surface area (Å²) in [5.41, 5.74) is 0. The minimum atomic E-state index is 0.767. The summed E-state index contributed by atoms with van der Waals surface area (Å²) >= 11 is 2.13. The Morgan fingerprint density at radius 3 is 2.71 bits per heavy atom. The second kappa shape index (κ2) is 5.41. The van der Waals surface area contributed by atoms with Gasteiger partial charge in [0.15, 0.2) is 0 Å². The maximum absolute atomic E-state index is 3.75. The fourth-order valence-corrected chi connectivity index (χ4v) is 4.01. The summed E-state index contributed by atoms with van der Waals surface area (Å²) in [6, 6.07) is 0.767. The van der Waals surface area contributed by atoms with Crippen molar-refractivity contribution in [1.82, 2.24) is 5.32 Å². The SMILES string of the molecule is C[C@@H](NCC1CCSC1)C1CCCC1. The summed E-state index contributed by atoms with van der Waals surface area (Å²) in [5, 5.41) is 3.75. The van der Waals surface area contributed by atoms with Gasteiger partial charge in [0.05, 0.1) is 0 Å². The molecular formula is C12H23NS. The maximum Gasteiger partial charge on any atom is 0.00671 e. The lowest BCUT2D eigenvalue weighted by atomic mass is 9.99. The molecule has 1 unspecified atom stereocenters. The molecule has 0 aromatic heterocycles. The lowest BCUT2D eigenvalue weighted by molar-refractivity contribution is 0.360. The predicted octanol–water partition coefficient (Wildman–Crippen LogP) is 2.91. The first-order chi connectivity index (χ1) is 6.86. The molecule has 0 radical (unpaired) electrons. The average molecular weight is 213 g/mol. The van der Waals surface area contributed by atoms with Crippen LogP contribution in [-0.2, 0) is 0 Å². The Bertz CT molecular complexity index is 160. The van der Waals surface area contributed by atoms with Gasteiger partial charge >= 0.3 is 0 Å². The van der Waals surface area contributed by atoms with Crippen LogP contribution in [-0.4, -0.2) is 24.1 Å². The quantitative estimate of drug-likeness (QED) is 0.770. The Labute approximate surface area is 92.4 Å². The Balaban J connectivity index is 1.63.